The van der Waals surface area contributed by atoms with Crippen LogP contribution < -0.4 is 10.6 Å². The van der Waals surface area contributed by atoms with Crippen molar-refractivity contribution in [2.75, 3.05) is 12.4 Å². The number of hydrogen-bond donors (Lipinski definition) is 2. The summed E-state index contributed by atoms with van der Waals surface area (Å²) in [4.78, 5) is 16.5. The molecule has 0 atom stereocenters. The summed E-state index contributed by atoms with van der Waals surface area (Å²) < 4.78 is 2.16. The lowest BCUT2D eigenvalue weighted by atomic mass is 10.2. The van der Waals surface area contributed by atoms with Crippen molar-refractivity contribution in [3.8, 4) is 0 Å². The molecule has 3 aromatic carbocycles. The summed E-state index contributed by atoms with van der Waals surface area (Å²) in [6, 6.07) is 25.8. The van der Waals surface area contributed by atoms with Gasteiger partial charge in [-0.05, 0) is 42.0 Å². The minimum Gasteiger partial charge on any atom is -0.355 e. The van der Waals surface area contributed by atoms with Gasteiger partial charge in [0.15, 0.2) is 0 Å². The normalized spacial score (nSPS) is 10.7. The second-order valence-corrected chi connectivity index (χ2v) is 6.28. The Morgan fingerprint density at radius 3 is 2.37 bits per heavy atom. The van der Waals surface area contributed by atoms with Gasteiger partial charge in [0.2, 0.25) is 5.95 Å². The molecule has 0 saturated carbocycles. The SMILES string of the molecule is CNC(=O)c1ccc(Nc2nc3ccccc3n2Cc2ccccc2)cc1. The first kappa shape index (κ1) is 16.8. The predicted octanol–water partition coefficient (Wildman–Crippen LogP) is 4.19. The number of rotatable bonds is 5. The van der Waals surface area contributed by atoms with Gasteiger partial charge in [-0.15, -0.1) is 0 Å². The van der Waals surface area contributed by atoms with Crippen molar-refractivity contribution in [1.29, 1.82) is 0 Å². The Hall–Kier alpha value is -3.60. The van der Waals surface area contributed by atoms with Gasteiger partial charge in [-0.3, -0.25) is 4.79 Å². The second kappa shape index (κ2) is 7.33. The first-order valence-electron chi connectivity index (χ1n) is 8.83. The number of imidazole rings is 1. The van der Waals surface area contributed by atoms with Crippen LogP contribution in [0, 0.1) is 0 Å². The summed E-state index contributed by atoms with van der Waals surface area (Å²) >= 11 is 0. The first-order chi connectivity index (χ1) is 13.2. The molecule has 0 aliphatic heterocycles. The van der Waals surface area contributed by atoms with E-state index in [4.69, 9.17) is 4.98 Å². The van der Waals surface area contributed by atoms with Crippen LogP contribution in [0.5, 0.6) is 0 Å². The summed E-state index contributed by atoms with van der Waals surface area (Å²) in [6.45, 7) is 0.722. The van der Waals surface area contributed by atoms with Crippen molar-refractivity contribution in [3.63, 3.8) is 0 Å². The number of nitrogens with zero attached hydrogens (tertiary/aromatic N) is 2. The van der Waals surface area contributed by atoms with Crippen molar-refractivity contribution >= 4 is 28.6 Å². The van der Waals surface area contributed by atoms with E-state index in [0.717, 1.165) is 29.2 Å². The summed E-state index contributed by atoms with van der Waals surface area (Å²) in [6.07, 6.45) is 0. The number of anilines is 2. The number of aromatic nitrogens is 2. The molecule has 0 spiro atoms. The Morgan fingerprint density at radius 1 is 0.926 bits per heavy atom. The highest BCUT2D eigenvalue weighted by atomic mass is 16.1. The zero-order valence-electron chi connectivity index (χ0n) is 15.0. The fourth-order valence-electron chi connectivity index (χ4n) is 3.08. The molecule has 0 aliphatic carbocycles. The smallest absolute Gasteiger partial charge is 0.251 e. The maximum atomic E-state index is 11.7. The zero-order valence-corrected chi connectivity index (χ0v) is 15.0. The summed E-state index contributed by atoms with van der Waals surface area (Å²) in [5, 5.41) is 6.02. The second-order valence-electron chi connectivity index (χ2n) is 6.28. The number of nitrogens with one attached hydrogen (secondary N) is 2. The van der Waals surface area contributed by atoms with Gasteiger partial charge in [0.1, 0.15) is 0 Å². The summed E-state index contributed by atoms with van der Waals surface area (Å²) in [5.41, 5.74) is 4.73. The van der Waals surface area contributed by atoms with Crippen molar-refractivity contribution in [3.05, 3.63) is 90.0 Å². The Balaban J connectivity index is 1.68. The molecular weight excluding hydrogens is 336 g/mol. The van der Waals surface area contributed by atoms with E-state index >= 15 is 0 Å². The lowest BCUT2D eigenvalue weighted by Gasteiger charge is -2.11. The quantitative estimate of drug-likeness (QED) is 0.564. The third-order valence-electron chi connectivity index (χ3n) is 4.47. The molecule has 1 aromatic heterocycles. The Kier molecular flexibility index (Phi) is 4.58. The van der Waals surface area contributed by atoms with Gasteiger partial charge >= 0.3 is 0 Å². The Labute approximate surface area is 157 Å². The van der Waals surface area contributed by atoms with Crippen LogP contribution in [0.15, 0.2) is 78.9 Å². The van der Waals surface area contributed by atoms with Crippen LogP contribution in [-0.2, 0) is 6.54 Å². The van der Waals surface area contributed by atoms with Crippen LogP contribution in [0.4, 0.5) is 11.6 Å². The van der Waals surface area contributed by atoms with E-state index < -0.39 is 0 Å². The molecule has 0 aliphatic rings. The van der Waals surface area contributed by atoms with Gasteiger partial charge in [-0.25, -0.2) is 4.98 Å². The van der Waals surface area contributed by atoms with E-state index in [2.05, 4.69) is 33.4 Å². The van der Waals surface area contributed by atoms with Crippen LogP contribution in [0.3, 0.4) is 0 Å². The lowest BCUT2D eigenvalue weighted by Crippen LogP contribution is -2.17. The summed E-state index contributed by atoms with van der Waals surface area (Å²) in [5.74, 6) is 0.672. The predicted molar refractivity (Wildman–Crippen MR) is 108 cm³/mol. The number of benzene rings is 3. The topological polar surface area (TPSA) is 59.0 Å². The summed E-state index contributed by atoms with van der Waals surface area (Å²) in [7, 11) is 1.63. The fraction of sp³-hybridized carbons (Fsp3) is 0.0909. The number of carbonyl (C=O) groups is 1. The van der Waals surface area contributed by atoms with Crippen LogP contribution in [0.2, 0.25) is 0 Å². The van der Waals surface area contributed by atoms with Gasteiger partial charge < -0.3 is 15.2 Å². The third-order valence-corrected chi connectivity index (χ3v) is 4.47. The standard InChI is InChI=1S/C22H20N4O/c1-23-21(27)17-11-13-18(14-12-17)24-22-25-19-9-5-6-10-20(19)26(22)15-16-7-3-2-4-8-16/h2-14H,15H2,1H3,(H,23,27)(H,24,25). The molecule has 0 fully saturated rings. The highest BCUT2D eigenvalue weighted by molar-refractivity contribution is 5.94. The molecule has 5 heteroatoms. The molecular formula is C22H20N4O. The number of amides is 1. The molecule has 27 heavy (non-hydrogen) atoms. The molecule has 4 aromatic rings. The van der Waals surface area contributed by atoms with Gasteiger partial charge in [0.25, 0.3) is 5.91 Å². The minimum absolute atomic E-state index is 0.0992. The zero-order chi connectivity index (χ0) is 18.6. The van der Waals surface area contributed by atoms with Crippen molar-refractivity contribution < 1.29 is 4.79 Å². The molecule has 0 saturated heterocycles. The van der Waals surface area contributed by atoms with E-state index in [9.17, 15) is 4.79 Å². The molecule has 0 radical (unpaired) electrons. The van der Waals surface area contributed by atoms with Gasteiger partial charge in [-0.1, -0.05) is 42.5 Å². The Morgan fingerprint density at radius 2 is 1.63 bits per heavy atom. The van der Waals surface area contributed by atoms with Gasteiger partial charge in [0.05, 0.1) is 17.6 Å². The van der Waals surface area contributed by atoms with Crippen molar-refractivity contribution in [2.24, 2.45) is 0 Å². The number of fused-ring (bicyclic) bond motifs is 1. The Bertz CT molecular complexity index is 1070. The average Bonchev–Trinajstić information content (AvgIpc) is 3.06. The van der Waals surface area contributed by atoms with E-state index in [1.54, 1.807) is 19.2 Å². The minimum atomic E-state index is -0.0992. The molecule has 1 heterocycles. The molecule has 0 bridgehead atoms. The maximum Gasteiger partial charge on any atom is 0.251 e. The molecule has 4 rings (SSSR count). The van der Waals surface area contributed by atoms with Gasteiger partial charge in [-0.2, -0.15) is 0 Å². The molecule has 5 nitrogen and oxygen atoms in total. The van der Waals surface area contributed by atoms with Crippen LogP contribution in [-0.4, -0.2) is 22.5 Å². The van der Waals surface area contributed by atoms with Crippen LogP contribution in [0.1, 0.15) is 15.9 Å². The van der Waals surface area contributed by atoms with E-state index in [0.29, 0.717) is 5.56 Å². The molecule has 0 unspecified atom stereocenters. The average molecular weight is 356 g/mol. The third kappa shape index (κ3) is 3.53. The van der Waals surface area contributed by atoms with Crippen molar-refractivity contribution in [2.45, 2.75) is 6.54 Å². The lowest BCUT2D eigenvalue weighted by molar-refractivity contribution is 0.0963. The number of para-hydroxylation sites is 2. The van der Waals surface area contributed by atoms with Crippen LogP contribution in [0.25, 0.3) is 11.0 Å². The molecule has 2 N–H and O–H groups in total. The maximum absolute atomic E-state index is 11.7. The highest BCUT2D eigenvalue weighted by Gasteiger charge is 2.11. The van der Waals surface area contributed by atoms with E-state index in [1.807, 2.05) is 48.5 Å². The molecule has 134 valence electrons. The number of carbonyl (C=O) groups excluding carboxylic acids is 1. The number of hydrogen-bond acceptors (Lipinski definition) is 3. The van der Waals surface area contributed by atoms with Crippen LogP contribution >= 0.6 is 0 Å². The van der Waals surface area contributed by atoms with E-state index in [1.165, 1.54) is 5.56 Å². The first-order valence-corrected chi connectivity index (χ1v) is 8.83. The van der Waals surface area contributed by atoms with Gasteiger partial charge in [0, 0.05) is 18.3 Å². The molecule has 1 amide bonds. The highest BCUT2D eigenvalue weighted by Crippen LogP contribution is 2.24. The van der Waals surface area contributed by atoms with E-state index in [-0.39, 0.29) is 5.91 Å². The largest absolute Gasteiger partial charge is 0.355 e. The fourth-order valence-corrected chi connectivity index (χ4v) is 3.08. The van der Waals surface area contributed by atoms with Crippen molar-refractivity contribution in [1.82, 2.24) is 14.9 Å². The monoisotopic (exact) mass is 356 g/mol.